The van der Waals surface area contributed by atoms with Crippen LogP contribution in [0.2, 0.25) is 0 Å². The van der Waals surface area contributed by atoms with Crippen LogP contribution in [0.5, 0.6) is 5.75 Å². The third kappa shape index (κ3) is 4.85. The molecule has 0 atom stereocenters. The second-order valence-electron chi connectivity index (χ2n) is 5.90. The van der Waals surface area contributed by atoms with Crippen molar-refractivity contribution in [3.05, 3.63) is 24.3 Å². The second-order valence-corrected chi connectivity index (χ2v) is 5.90. The number of anilines is 1. The number of rotatable bonds is 9. The van der Waals surface area contributed by atoms with Crippen LogP contribution in [0.25, 0.3) is 0 Å². The van der Waals surface area contributed by atoms with Gasteiger partial charge in [-0.1, -0.05) is 26.0 Å². The molecule has 1 aliphatic heterocycles. The molecule has 7 nitrogen and oxygen atoms in total. The van der Waals surface area contributed by atoms with Crippen molar-refractivity contribution in [2.45, 2.75) is 13.8 Å². The predicted molar refractivity (Wildman–Crippen MR) is 98.1 cm³/mol. The lowest BCUT2D eigenvalue weighted by Crippen LogP contribution is -2.42. The van der Waals surface area contributed by atoms with E-state index in [1.165, 1.54) is 0 Å². The zero-order valence-corrected chi connectivity index (χ0v) is 15.3. The van der Waals surface area contributed by atoms with Crippen molar-refractivity contribution < 1.29 is 14.3 Å². The first-order valence-corrected chi connectivity index (χ1v) is 8.79. The number of urea groups is 1. The van der Waals surface area contributed by atoms with E-state index in [0.29, 0.717) is 25.4 Å². The van der Waals surface area contributed by atoms with Crippen LogP contribution in [0.15, 0.2) is 24.3 Å². The molecule has 2 rings (SSSR count). The Labute approximate surface area is 149 Å². The monoisotopic (exact) mass is 348 g/mol. The average molecular weight is 348 g/mol. The van der Waals surface area contributed by atoms with E-state index >= 15 is 0 Å². The van der Waals surface area contributed by atoms with Crippen LogP contribution in [0.4, 0.5) is 10.5 Å². The second kappa shape index (κ2) is 9.27. The van der Waals surface area contributed by atoms with Crippen molar-refractivity contribution in [1.82, 2.24) is 15.1 Å². The molecular formula is C18H28N4O3. The molecule has 0 spiro atoms. The molecule has 25 heavy (non-hydrogen) atoms. The summed E-state index contributed by atoms with van der Waals surface area (Å²) < 4.78 is 5.32. The Morgan fingerprint density at radius 3 is 2.64 bits per heavy atom. The van der Waals surface area contributed by atoms with Crippen LogP contribution in [0.1, 0.15) is 13.8 Å². The molecule has 1 fully saturated rings. The van der Waals surface area contributed by atoms with Crippen LogP contribution < -0.4 is 15.0 Å². The third-order valence-corrected chi connectivity index (χ3v) is 4.45. The minimum absolute atomic E-state index is 0.0860. The number of amides is 3. The topological polar surface area (TPSA) is 65.1 Å². The first-order valence-electron chi connectivity index (χ1n) is 8.79. The quantitative estimate of drug-likeness (QED) is 0.733. The number of carbonyl (C=O) groups is 2. The van der Waals surface area contributed by atoms with E-state index in [1.54, 1.807) is 16.9 Å². The summed E-state index contributed by atoms with van der Waals surface area (Å²) in [5.74, 6) is 0.531. The van der Waals surface area contributed by atoms with Gasteiger partial charge in [0.25, 0.3) is 0 Å². The highest BCUT2D eigenvalue weighted by Gasteiger charge is 2.32. The zero-order valence-electron chi connectivity index (χ0n) is 15.3. The Hall–Kier alpha value is -2.28. The van der Waals surface area contributed by atoms with Crippen molar-refractivity contribution in [1.29, 1.82) is 0 Å². The zero-order chi connectivity index (χ0) is 18.2. The number of hydrogen-bond acceptors (Lipinski definition) is 4. The fourth-order valence-corrected chi connectivity index (χ4v) is 2.93. The van der Waals surface area contributed by atoms with E-state index in [2.05, 4.69) is 24.1 Å². The number of nitrogens with one attached hydrogen (secondary N) is 1. The molecule has 1 aromatic carbocycles. The van der Waals surface area contributed by atoms with Crippen LogP contribution in [0, 0.1) is 0 Å². The van der Waals surface area contributed by atoms with E-state index in [1.807, 2.05) is 24.3 Å². The summed E-state index contributed by atoms with van der Waals surface area (Å²) in [7, 11) is 1.58. The minimum Gasteiger partial charge on any atom is -0.495 e. The lowest BCUT2D eigenvalue weighted by atomic mass is 10.2. The van der Waals surface area contributed by atoms with Gasteiger partial charge in [0.05, 0.1) is 12.8 Å². The number of methoxy groups -OCH3 is 1. The predicted octanol–water partition coefficient (Wildman–Crippen LogP) is 1.40. The maximum absolute atomic E-state index is 12.6. The number of ether oxygens (including phenoxy) is 1. The number of likely N-dealkylation sites (N-methyl/N-ethyl adjacent to an activating group) is 1. The van der Waals surface area contributed by atoms with Crippen LogP contribution in [-0.2, 0) is 4.79 Å². The summed E-state index contributed by atoms with van der Waals surface area (Å²) in [5, 5.41) is 2.89. The molecule has 0 unspecified atom stereocenters. The molecule has 0 saturated carbocycles. The molecule has 1 aliphatic rings. The Bertz CT molecular complexity index is 589. The van der Waals surface area contributed by atoms with Gasteiger partial charge in [-0.2, -0.15) is 0 Å². The summed E-state index contributed by atoms with van der Waals surface area (Å²) in [6.45, 7) is 8.70. The standard InChI is InChI=1S/C18H28N4O3/c1-4-20(5-2)11-10-19-17(23)14-21-12-13-22(18(21)24)15-8-6-7-9-16(15)25-3/h6-9H,4-5,10-14H2,1-3H3,(H,19,23). The average Bonchev–Trinajstić information content (AvgIpc) is 2.99. The summed E-state index contributed by atoms with van der Waals surface area (Å²) in [6.07, 6.45) is 0. The van der Waals surface area contributed by atoms with Crippen LogP contribution in [-0.4, -0.2) is 74.7 Å². The Balaban J connectivity index is 1.86. The third-order valence-electron chi connectivity index (χ3n) is 4.45. The Morgan fingerprint density at radius 2 is 1.96 bits per heavy atom. The van der Waals surface area contributed by atoms with Crippen molar-refractivity contribution >= 4 is 17.6 Å². The van der Waals surface area contributed by atoms with Gasteiger partial charge in [-0.3, -0.25) is 9.69 Å². The summed E-state index contributed by atoms with van der Waals surface area (Å²) in [6, 6.07) is 7.25. The molecule has 1 saturated heterocycles. The molecule has 1 aromatic rings. The molecular weight excluding hydrogens is 320 g/mol. The maximum Gasteiger partial charge on any atom is 0.325 e. The van der Waals surface area contributed by atoms with E-state index in [-0.39, 0.29) is 18.5 Å². The first kappa shape index (κ1) is 19.1. The molecule has 3 amide bonds. The maximum atomic E-state index is 12.6. The number of carbonyl (C=O) groups excluding carboxylic acids is 2. The molecule has 1 N–H and O–H groups in total. The number of benzene rings is 1. The van der Waals surface area contributed by atoms with Gasteiger partial charge < -0.3 is 19.9 Å². The molecule has 0 bridgehead atoms. The normalized spacial score (nSPS) is 14.3. The molecule has 1 heterocycles. The molecule has 7 heteroatoms. The highest BCUT2D eigenvalue weighted by molar-refractivity contribution is 5.97. The first-order chi connectivity index (χ1) is 12.1. The lowest BCUT2D eigenvalue weighted by Gasteiger charge is -2.21. The van der Waals surface area contributed by atoms with Crippen LogP contribution >= 0.6 is 0 Å². The molecule has 0 radical (unpaired) electrons. The molecule has 138 valence electrons. The van der Waals surface area contributed by atoms with Crippen molar-refractivity contribution in [3.63, 3.8) is 0 Å². The summed E-state index contributed by atoms with van der Waals surface area (Å²) in [4.78, 5) is 30.2. The van der Waals surface area contributed by atoms with Gasteiger partial charge in [0.2, 0.25) is 5.91 Å². The van der Waals surface area contributed by atoms with Gasteiger partial charge in [0.15, 0.2) is 0 Å². The number of para-hydroxylation sites is 2. The van der Waals surface area contributed by atoms with Gasteiger partial charge in [-0.05, 0) is 25.2 Å². The Kier molecular flexibility index (Phi) is 7.06. The van der Waals surface area contributed by atoms with Crippen molar-refractivity contribution in [2.24, 2.45) is 0 Å². The fraction of sp³-hybridized carbons (Fsp3) is 0.556. The van der Waals surface area contributed by atoms with E-state index < -0.39 is 0 Å². The SMILES string of the molecule is CCN(CC)CCNC(=O)CN1CCN(c2ccccc2OC)C1=O. The van der Waals surface area contributed by atoms with E-state index in [9.17, 15) is 9.59 Å². The van der Waals surface area contributed by atoms with Gasteiger partial charge in [-0.25, -0.2) is 4.79 Å². The van der Waals surface area contributed by atoms with Gasteiger partial charge in [-0.15, -0.1) is 0 Å². The highest BCUT2D eigenvalue weighted by atomic mass is 16.5. The summed E-state index contributed by atoms with van der Waals surface area (Å²) in [5.41, 5.74) is 0.736. The Morgan fingerprint density at radius 1 is 1.24 bits per heavy atom. The van der Waals surface area contributed by atoms with Gasteiger partial charge in [0.1, 0.15) is 12.3 Å². The fourth-order valence-electron chi connectivity index (χ4n) is 2.93. The number of nitrogens with zero attached hydrogens (tertiary/aromatic N) is 3. The lowest BCUT2D eigenvalue weighted by molar-refractivity contribution is -0.121. The van der Waals surface area contributed by atoms with Crippen molar-refractivity contribution in [2.75, 3.05) is 57.8 Å². The smallest absolute Gasteiger partial charge is 0.325 e. The molecule has 0 aliphatic carbocycles. The largest absolute Gasteiger partial charge is 0.495 e. The molecule has 0 aromatic heterocycles. The van der Waals surface area contributed by atoms with E-state index in [4.69, 9.17) is 4.74 Å². The highest BCUT2D eigenvalue weighted by Crippen LogP contribution is 2.30. The van der Waals surface area contributed by atoms with E-state index in [0.717, 1.165) is 25.3 Å². The van der Waals surface area contributed by atoms with Gasteiger partial charge >= 0.3 is 6.03 Å². The van der Waals surface area contributed by atoms with Crippen LogP contribution in [0.3, 0.4) is 0 Å². The minimum atomic E-state index is -0.164. The number of hydrogen-bond donors (Lipinski definition) is 1. The summed E-state index contributed by atoms with van der Waals surface area (Å²) >= 11 is 0. The van der Waals surface area contributed by atoms with Gasteiger partial charge in [0, 0.05) is 26.2 Å². The van der Waals surface area contributed by atoms with Crippen molar-refractivity contribution in [3.8, 4) is 5.75 Å².